The minimum Gasteiger partial charge on any atom is -0.497 e. The van der Waals surface area contributed by atoms with E-state index in [-0.39, 0.29) is 5.70 Å². The van der Waals surface area contributed by atoms with E-state index >= 15 is 0 Å². The van der Waals surface area contributed by atoms with Crippen LogP contribution in [-0.4, -0.2) is 35.4 Å². The zero-order valence-corrected chi connectivity index (χ0v) is 18.6. The van der Waals surface area contributed by atoms with Crippen LogP contribution < -0.4 is 15.4 Å². The van der Waals surface area contributed by atoms with Gasteiger partial charge in [-0.1, -0.05) is 24.3 Å². The Morgan fingerprint density at radius 2 is 1.91 bits per heavy atom. The van der Waals surface area contributed by atoms with Gasteiger partial charge in [0, 0.05) is 25.1 Å². The van der Waals surface area contributed by atoms with Crippen LogP contribution in [0, 0.1) is 0 Å². The highest BCUT2D eigenvalue weighted by atomic mass is 16.5. The van der Waals surface area contributed by atoms with Crippen molar-refractivity contribution in [3.8, 4) is 5.75 Å². The molecule has 0 aliphatic rings. The summed E-state index contributed by atoms with van der Waals surface area (Å²) in [4.78, 5) is 33.0. The normalized spacial score (nSPS) is 11.6. The number of carbonyl (C=O) groups excluding carboxylic acids is 2. The molecule has 2 aromatic carbocycles. The standard InChI is InChI=1S/C26H24N4O4/c1-33-19-11-8-18(9-12-19)10-13-25(31)30-23(17-20-5-4-16-34-20)26(32)27-15-14-24-28-21-6-2-3-7-22(21)29-24/h2-13,16-17H,14-15H2,1H3,(H,27,32)(H,28,29)(H,30,31)/b13-10+,23-17-. The number of imidazole rings is 1. The average Bonchev–Trinajstić information content (AvgIpc) is 3.52. The number of carbonyl (C=O) groups is 2. The summed E-state index contributed by atoms with van der Waals surface area (Å²) in [5, 5.41) is 5.45. The number of rotatable bonds is 9. The molecule has 34 heavy (non-hydrogen) atoms. The molecule has 3 N–H and O–H groups in total. The Labute approximate surface area is 196 Å². The molecule has 2 aromatic heterocycles. The Morgan fingerprint density at radius 3 is 2.65 bits per heavy atom. The van der Waals surface area contributed by atoms with Gasteiger partial charge in [-0.05, 0) is 48.0 Å². The van der Waals surface area contributed by atoms with Crippen LogP contribution in [0.15, 0.2) is 83.1 Å². The highest BCUT2D eigenvalue weighted by Gasteiger charge is 2.13. The van der Waals surface area contributed by atoms with E-state index in [0.717, 1.165) is 28.2 Å². The summed E-state index contributed by atoms with van der Waals surface area (Å²) in [5.41, 5.74) is 2.71. The zero-order chi connectivity index (χ0) is 23.8. The van der Waals surface area contributed by atoms with Crippen molar-refractivity contribution < 1.29 is 18.7 Å². The van der Waals surface area contributed by atoms with Crippen molar-refractivity contribution in [3.63, 3.8) is 0 Å². The lowest BCUT2D eigenvalue weighted by molar-refractivity contribution is -0.121. The molecule has 8 nitrogen and oxygen atoms in total. The first-order valence-corrected chi connectivity index (χ1v) is 10.7. The monoisotopic (exact) mass is 456 g/mol. The maximum absolute atomic E-state index is 12.8. The zero-order valence-electron chi connectivity index (χ0n) is 18.6. The van der Waals surface area contributed by atoms with Gasteiger partial charge in [0.15, 0.2) is 0 Å². The molecule has 0 fully saturated rings. The fourth-order valence-electron chi connectivity index (χ4n) is 3.25. The molecule has 0 aliphatic heterocycles. The molecule has 8 heteroatoms. The van der Waals surface area contributed by atoms with E-state index in [2.05, 4.69) is 20.6 Å². The van der Waals surface area contributed by atoms with E-state index in [1.54, 1.807) is 37.5 Å². The Bertz CT molecular complexity index is 1290. The number of methoxy groups -OCH3 is 1. The number of para-hydroxylation sites is 2. The summed E-state index contributed by atoms with van der Waals surface area (Å²) in [6.07, 6.45) is 6.50. The van der Waals surface area contributed by atoms with Gasteiger partial charge < -0.3 is 24.8 Å². The molecule has 4 aromatic rings. The van der Waals surface area contributed by atoms with E-state index in [9.17, 15) is 9.59 Å². The lowest BCUT2D eigenvalue weighted by Gasteiger charge is -2.09. The quantitative estimate of drug-likeness (QED) is 0.333. The first-order valence-electron chi connectivity index (χ1n) is 10.7. The van der Waals surface area contributed by atoms with Crippen LogP contribution in [0.1, 0.15) is 17.1 Å². The van der Waals surface area contributed by atoms with Gasteiger partial charge in [0.1, 0.15) is 23.0 Å². The second-order valence-electron chi connectivity index (χ2n) is 7.38. The van der Waals surface area contributed by atoms with E-state index in [1.165, 1.54) is 18.4 Å². The summed E-state index contributed by atoms with van der Waals surface area (Å²) in [6, 6.07) is 18.4. The van der Waals surface area contributed by atoms with Crippen molar-refractivity contribution in [2.24, 2.45) is 0 Å². The van der Waals surface area contributed by atoms with E-state index in [1.807, 2.05) is 36.4 Å². The van der Waals surface area contributed by atoms with Crippen molar-refractivity contribution in [3.05, 3.63) is 95.8 Å². The molecule has 0 saturated heterocycles. The number of ether oxygens (including phenoxy) is 1. The van der Waals surface area contributed by atoms with E-state index in [0.29, 0.717) is 18.7 Å². The van der Waals surface area contributed by atoms with Crippen LogP contribution in [0.2, 0.25) is 0 Å². The fraction of sp³-hybridized carbons (Fsp3) is 0.115. The summed E-state index contributed by atoms with van der Waals surface area (Å²) < 4.78 is 10.4. The third kappa shape index (κ3) is 6.01. The summed E-state index contributed by atoms with van der Waals surface area (Å²) >= 11 is 0. The summed E-state index contributed by atoms with van der Waals surface area (Å²) in [7, 11) is 1.59. The smallest absolute Gasteiger partial charge is 0.267 e. The van der Waals surface area contributed by atoms with E-state index in [4.69, 9.17) is 9.15 Å². The van der Waals surface area contributed by atoms with Crippen LogP contribution in [-0.2, 0) is 16.0 Å². The second kappa shape index (κ2) is 10.8. The molecule has 0 spiro atoms. The third-order valence-electron chi connectivity index (χ3n) is 4.96. The average molecular weight is 457 g/mol. The van der Waals surface area contributed by atoms with Gasteiger partial charge in [-0.2, -0.15) is 0 Å². The number of fused-ring (bicyclic) bond motifs is 1. The first kappa shape index (κ1) is 22.6. The lowest BCUT2D eigenvalue weighted by Crippen LogP contribution is -2.35. The summed E-state index contributed by atoms with van der Waals surface area (Å²) in [6.45, 7) is 0.339. The van der Waals surface area contributed by atoms with Crippen molar-refractivity contribution in [1.82, 2.24) is 20.6 Å². The van der Waals surface area contributed by atoms with Crippen LogP contribution in [0.3, 0.4) is 0 Å². The Morgan fingerprint density at radius 1 is 1.09 bits per heavy atom. The molecule has 2 amide bonds. The number of nitrogens with one attached hydrogen (secondary N) is 3. The number of aromatic nitrogens is 2. The van der Waals surface area contributed by atoms with Gasteiger partial charge in [-0.3, -0.25) is 9.59 Å². The minimum absolute atomic E-state index is 0.0731. The number of furan rings is 1. The van der Waals surface area contributed by atoms with Gasteiger partial charge in [0.25, 0.3) is 5.91 Å². The highest BCUT2D eigenvalue weighted by Crippen LogP contribution is 2.13. The van der Waals surface area contributed by atoms with Gasteiger partial charge in [0.05, 0.1) is 24.4 Å². The number of H-pyrrole nitrogens is 1. The predicted octanol–water partition coefficient (Wildman–Crippen LogP) is 3.69. The number of benzene rings is 2. The fourth-order valence-corrected chi connectivity index (χ4v) is 3.25. The lowest BCUT2D eigenvalue weighted by atomic mass is 10.2. The van der Waals surface area contributed by atoms with Gasteiger partial charge in [-0.25, -0.2) is 4.98 Å². The van der Waals surface area contributed by atoms with Crippen LogP contribution in [0.25, 0.3) is 23.2 Å². The molecule has 4 rings (SSSR count). The highest BCUT2D eigenvalue weighted by molar-refractivity contribution is 6.04. The maximum Gasteiger partial charge on any atom is 0.267 e. The minimum atomic E-state index is -0.443. The molecular formula is C26H24N4O4. The Balaban J connectivity index is 1.38. The molecule has 0 unspecified atom stereocenters. The van der Waals surface area contributed by atoms with Crippen molar-refractivity contribution in [1.29, 1.82) is 0 Å². The van der Waals surface area contributed by atoms with E-state index < -0.39 is 11.8 Å². The summed E-state index contributed by atoms with van der Waals surface area (Å²) in [5.74, 6) is 1.07. The van der Waals surface area contributed by atoms with Crippen LogP contribution >= 0.6 is 0 Å². The second-order valence-corrected chi connectivity index (χ2v) is 7.38. The molecular weight excluding hydrogens is 432 g/mol. The molecule has 0 atom stereocenters. The Kier molecular flexibility index (Phi) is 7.19. The largest absolute Gasteiger partial charge is 0.497 e. The number of hydrogen-bond donors (Lipinski definition) is 3. The third-order valence-corrected chi connectivity index (χ3v) is 4.96. The molecule has 0 saturated carbocycles. The van der Waals surface area contributed by atoms with Crippen molar-refractivity contribution >= 4 is 35.0 Å². The van der Waals surface area contributed by atoms with Crippen molar-refractivity contribution in [2.45, 2.75) is 6.42 Å². The number of amides is 2. The SMILES string of the molecule is COc1ccc(/C=C/C(=O)N/C(=C\c2ccco2)C(=O)NCCc2nc3ccccc3[nH]2)cc1. The van der Waals surface area contributed by atoms with Crippen molar-refractivity contribution in [2.75, 3.05) is 13.7 Å². The number of nitrogens with zero attached hydrogens (tertiary/aromatic N) is 1. The maximum atomic E-state index is 12.8. The number of aromatic amines is 1. The molecule has 172 valence electrons. The van der Waals surface area contributed by atoms with Gasteiger partial charge in [-0.15, -0.1) is 0 Å². The molecule has 0 bridgehead atoms. The van der Waals surface area contributed by atoms with Crippen LogP contribution in [0.5, 0.6) is 5.75 Å². The van der Waals surface area contributed by atoms with Crippen LogP contribution in [0.4, 0.5) is 0 Å². The number of hydrogen-bond acceptors (Lipinski definition) is 5. The Hall–Kier alpha value is -4.59. The molecule has 2 heterocycles. The molecule has 0 aliphatic carbocycles. The van der Waals surface area contributed by atoms with Gasteiger partial charge >= 0.3 is 0 Å². The first-order chi connectivity index (χ1) is 16.6. The van der Waals surface area contributed by atoms with Gasteiger partial charge in [0.2, 0.25) is 5.91 Å². The molecule has 0 radical (unpaired) electrons. The predicted molar refractivity (Wildman–Crippen MR) is 130 cm³/mol. The topological polar surface area (TPSA) is 109 Å².